The van der Waals surface area contributed by atoms with Gasteiger partial charge in [0.2, 0.25) is 11.9 Å². The number of hydrogen-bond acceptors (Lipinski definition) is 5. The minimum Gasteiger partial charge on any atom is -0.486 e. The van der Waals surface area contributed by atoms with Crippen molar-refractivity contribution in [2.45, 2.75) is 19.9 Å². The van der Waals surface area contributed by atoms with E-state index >= 15 is 0 Å². The molecule has 1 atom stereocenters. The minimum atomic E-state index is -0.168. The largest absolute Gasteiger partial charge is 0.486 e. The molecule has 156 valence electrons. The Hall–Kier alpha value is -2.87. The third kappa shape index (κ3) is 5.35. The fraction of sp³-hybridized carbons (Fsp3) is 0.476. The van der Waals surface area contributed by atoms with Crippen molar-refractivity contribution in [3.63, 3.8) is 0 Å². The highest BCUT2D eigenvalue weighted by atomic mass is 16.6. The molecule has 29 heavy (non-hydrogen) atoms. The first kappa shape index (κ1) is 20.9. The summed E-state index contributed by atoms with van der Waals surface area (Å²) in [4.78, 5) is 24.3. The summed E-state index contributed by atoms with van der Waals surface area (Å²) in [5.41, 5.74) is 1.67. The van der Waals surface area contributed by atoms with Crippen LogP contribution in [0.2, 0.25) is 0 Å². The molecule has 1 fully saturated rings. The number of carbonyl (C=O) groups is 1. The number of piperazine rings is 1. The van der Waals surface area contributed by atoms with Gasteiger partial charge in [-0.05, 0) is 24.6 Å². The molecule has 2 aliphatic heterocycles. The Balaban J connectivity index is 1.57. The van der Waals surface area contributed by atoms with E-state index in [4.69, 9.17) is 9.47 Å². The molecule has 0 radical (unpaired) electrons. The lowest BCUT2D eigenvalue weighted by atomic mass is 10.0. The number of rotatable bonds is 4. The maximum atomic E-state index is 11.1. The monoisotopic (exact) mass is 399 g/mol. The lowest BCUT2D eigenvalue weighted by Crippen LogP contribution is -2.49. The summed E-state index contributed by atoms with van der Waals surface area (Å²) in [5, 5.41) is 2.60. The SMILES string of the molecule is C=C(C=NC(=NC)N1CCN([C@@H](C)c2ccc3c(c2)OCCO3)CC1)NC(C)=O. The Kier molecular flexibility index (Phi) is 6.87. The Morgan fingerprint density at radius 1 is 1.21 bits per heavy atom. The van der Waals surface area contributed by atoms with Crippen LogP contribution in [-0.2, 0) is 4.79 Å². The van der Waals surface area contributed by atoms with Gasteiger partial charge in [-0.1, -0.05) is 12.6 Å². The topological polar surface area (TPSA) is 78.8 Å². The maximum Gasteiger partial charge on any atom is 0.221 e. The summed E-state index contributed by atoms with van der Waals surface area (Å²) in [5.74, 6) is 2.12. The van der Waals surface area contributed by atoms with Gasteiger partial charge in [0.15, 0.2) is 11.5 Å². The molecule has 1 aromatic carbocycles. The molecule has 3 rings (SSSR count). The molecule has 0 saturated carbocycles. The first-order valence-electron chi connectivity index (χ1n) is 9.84. The Morgan fingerprint density at radius 2 is 1.90 bits per heavy atom. The van der Waals surface area contributed by atoms with E-state index in [0.29, 0.717) is 24.9 Å². The zero-order valence-corrected chi connectivity index (χ0v) is 17.4. The number of nitrogens with zero attached hydrogens (tertiary/aromatic N) is 4. The standard InChI is InChI=1S/C21H29N5O3/c1-15(24-17(3)27)14-23-21(22-4)26-9-7-25(8-10-26)16(2)18-5-6-19-20(13-18)29-12-11-28-19/h5-6,13-14,16H,1,7-12H2,2-4H3,(H,24,27)/t16-/m0/s1. The van der Waals surface area contributed by atoms with Gasteiger partial charge in [0, 0.05) is 46.2 Å². The van der Waals surface area contributed by atoms with Crippen LogP contribution in [0.25, 0.3) is 0 Å². The molecule has 8 heteroatoms. The second-order valence-corrected chi connectivity index (χ2v) is 7.09. The van der Waals surface area contributed by atoms with Gasteiger partial charge >= 0.3 is 0 Å². The van der Waals surface area contributed by atoms with Gasteiger partial charge in [0.1, 0.15) is 13.2 Å². The van der Waals surface area contributed by atoms with Gasteiger partial charge < -0.3 is 19.7 Å². The van der Waals surface area contributed by atoms with Crippen molar-refractivity contribution in [3.05, 3.63) is 36.0 Å². The van der Waals surface area contributed by atoms with E-state index in [9.17, 15) is 4.79 Å². The Morgan fingerprint density at radius 3 is 2.55 bits per heavy atom. The van der Waals surface area contributed by atoms with E-state index < -0.39 is 0 Å². The second-order valence-electron chi connectivity index (χ2n) is 7.09. The predicted octanol–water partition coefficient (Wildman–Crippen LogP) is 1.84. The number of ether oxygens (including phenoxy) is 2. The van der Waals surface area contributed by atoms with Crippen LogP contribution in [0.4, 0.5) is 0 Å². The summed E-state index contributed by atoms with van der Waals surface area (Å²) in [6, 6.07) is 6.47. The highest BCUT2D eigenvalue weighted by molar-refractivity contribution is 5.95. The van der Waals surface area contributed by atoms with Crippen molar-refractivity contribution in [3.8, 4) is 11.5 Å². The molecule has 0 aliphatic carbocycles. The van der Waals surface area contributed by atoms with Crippen molar-refractivity contribution in [1.82, 2.24) is 15.1 Å². The van der Waals surface area contributed by atoms with Crippen molar-refractivity contribution in [2.75, 3.05) is 46.4 Å². The summed E-state index contributed by atoms with van der Waals surface area (Å²) >= 11 is 0. The molecule has 1 aromatic rings. The van der Waals surface area contributed by atoms with Crippen molar-refractivity contribution in [2.24, 2.45) is 9.98 Å². The van der Waals surface area contributed by atoms with Crippen LogP contribution in [0.15, 0.2) is 40.5 Å². The van der Waals surface area contributed by atoms with E-state index in [1.165, 1.54) is 18.7 Å². The molecule has 0 bridgehead atoms. The molecule has 1 saturated heterocycles. The molecule has 0 spiro atoms. The van der Waals surface area contributed by atoms with Crippen LogP contribution in [0, 0.1) is 0 Å². The normalized spacial score (nSPS) is 18.6. The van der Waals surface area contributed by atoms with Crippen LogP contribution < -0.4 is 14.8 Å². The molecule has 1 N–H and O–H groups in total. The van der Waals surface area contributed by atoms with Gasteiger partial charge in [-0.3, -0.25) is 14.7 Å². The van der Waals surface area contributed by atoms with Gasteiger partial charge in [0.05, 0.1) is 11.9 Å². The summed E-state index contributed by atoms with van der Waals surface area (Å²) < 4.78 is 11.3. The number of benzene rings is 1. The van der Waals surface area contributed by atoms with Crippen LogP contribution in [0.5, 0.6) is 11.5 Å². The van der Waals surface area contributed by atoms with Crippen molar-refractivity contribution in [1.29, 1.82) is 0 Å². The molecule has 2 heterocycles. The number of aliphatic imine (C=N–C) groups is 2. The maximum absolute atomic E-state index is 11.1. The Labute approximate surface area is 171 Å². The number of carbonyl (C=O) groups excluding carboxylic acids is 1. The number of nitrogens with one attached hydrogen (secondary N) is 1. The van der Waals surface area contributed by atoms with E-state index in [1.54, 1.807) is 7.05 Å². The van der Waals surface area contributed by atoms with E-state index in [1.807, 2.05) is 6.07 Å². The zero-order valence-electron chi connectivity index (χ0n) is 17.4. The minimum absolute atomic E-state index is 0.168. The van der Waals surface area contributed by atoms with Crippen LogP contribution >= 0.6 is 0 Å². The number of fused-ring (bicyclic) bond motifs is 1. The van der Waals surface area contributed by atoms with E-state index in [0.717, 1.165) is 37.7 Å². The quantitative estimate of drug-likeness (QED) is 0.617. The van der Waals surface area contributed by atoms with Crippen LogP contribution in [0.3, 0.4) is 0 Å². The highest BCUT2D eigenvalue weighted by Gasteiger charge is 2.24. The molecule has 0 aromatic heterocycles. The number of guanidine groups is 1. The first-order chi connectivity index (χ1) is 14.0. The lowest BCUT2D eigenvalue weighted by molar-refractivity contribution is -0.118. The molecule has 8 nitrogen and oxygen atoms in total. The van der Waals surface area contributed by atoms with Crippen molar-refractivity contribution < 1.29 is 14.3 Å². The van der Waals surface area contributed by atoms with Gasteiger partial charge in [-0.15, -0.1) is 0 Å². The molecular weight excluding hydrogens is 370 g/mol. The molecular formula is C21H29N5O3. The smallest absolute Gasteiger partial charge is 0.221 e. The highest BCUT2D eigenvalue weighted by Crippen LogP contribution is 2.34. The summed E-state index contributed by atoms with van der Waals surface area (Å²) in [7, 11) is 1.72. The third-order valence-corrected chi connectivity index (χ3v) is 5.07. The Bertz CT molecular complexity index is 813. The first-order valence-corrected chi connectivity index (χ1v) is 9.84. The van der Waals surface area contributed by atoms with E-state index in [2.05, 4.69) is 50.7 Å². The number of amides is 1. The van der Waals surface area contributed by atoms with Gasteiger partial charge in [-0.2, -0.15) is 0 Å². The van der Waals surface area contributed by atoms with Crippen LogP contribution in [-0.4, -0.2) is 74.3 Å². The average molecular weight is 399 g/mol. The summed E-state index contributed by atoms with van der Waals surface area (Å²) in [6.07, 6.45) is 1.54. The average Bonchev–Trinajstić information content (AvgIpc) is 2.73. The summed E-state index contributed by atoms with van der Waals surface area (Å²) in [6.45, 7) is 12.1. The molecule has 0 unspecified atom stereocenters. The molecule has 1 amide bonds. The zero-order chi connectivity index (χ0) is 20.8. The predicted molar refractivity (Wildman–Crippen MR) is 114 cm³/mol. The van der Waals surface area contributed by atoms with Crippen molar-refractivity contribution >= 4 is 18.1 Å². The lowest BCUT2D eigenvalue weighted by Gasteiger charge is -2.38. The van der Waals surface area contributed by atoms with Gasteiger partial charge in [0.25, 0.3) is 0 Å². The fourth-order valence-electron chi connectivity index (χ4n) is 3.51. The van der Waals surface area contributed by atoms with Gasteiger partial charge in [-0.25, -0.2) is 4.99 Å². The molecule has 2 aliphatic rings. The number of hydrogen-bond donors (Lipinski definition) is 1. The second kappa shape index (κ2) is 9.56. The third-order valence-electron chi connectivity index (χ3n) is 5.07. The van der Waals surface area contributed by atoms with E-state index in [-0.39, 0.29) is 11.9 Å². The van der Waals surface area contributed by atoms with Crippen LogP contribution in [0.1, 0.15) is 25.5 Å². The fourth-order valence-corrected chi connectivity index (χ4v) is 3.51. The number of allylic oxidation sites excluding steroid dienone is 1.